The molecule has 0 radical (unpaired) electrons. The average molecular weight is 195 g/mol. The van der Waals surface area contributed by atoms with E-state index in [9.17, 15) is 4.39 Å². The van der Waals surface area contributed by atoms with Gasteiger partial charge in [0.05, 0.1) is 0 Å². The Labute approximate surface area is 82.9 Å². The van der Waals surface area contributed by atoms with Crippen LogP contribution in [0.1, 0.15) is 24.4 Å². The highest BCUT2D eigenvalue weighted by Gasteiger charge is 2.07. The Balaban J connectivity index is 2.75. The molecule has 0 saturated carbocycles. The van der Waals surface area contributed by atoms with Gasteiger partial charge in [0.2, 0.25) is 0 Å². The summed E-state index contributed by atoms with van der Waals surface area (Å²) in [5, 5.41) is 8.97. The molecule has 0 aliphatic rings. The lowest BCUT2D eigenvalue weighted by molar-refractivity contribution is 0.431. The van der Waals surface area contributed by atoms with Gasteiger partial charge in [-0.2, -0.15) is 0 Å². The lowest BCUT2D eigenvalue weighted by Gasteiger charge is -2.10. The Morgan fingerprint density at radius 2 is 2.29 bits per heavy atom. The molecule has 0 saturated heterocycles. The maximum absolute atomic E-state index is 12.9. The van der Waals surface area contributed by atoms with E-state index in [0.717, 1.165) is 12.8 Å². The molecule has 76 valence electrons. The fourth-order valence-electron chi connectivity index (χ4n) is 1.22. The molecule has 0 aromatic heterocycles. The molecule has 0 fully saturated rings. The summed E-state index contributed by atoms with van der Waals surface area (Å²) in [5.41, 5.74) is 6.50. The molecule has 3 N–H and O–H groups in total. The van der Waals surface area contributed by atoms with Crippen molar-refractivity contribution in [1.82, 2.24) is 0 Å². The van der Waals surface area contributed by atoms with Crippen LogP contribution in [-0.4, -0.2) is 5.11 Å². The highest BCUT2D eigenvalue weighted by atomic mass is 19.1. The highest BCUT2D eigenvalue weighted by Crippen LogP contribution is 2.22. The van der Waals surface area contributed by atoms with E-state index in [1.807, 2.05) is 0 Å². The van der Waals surface area contributed by atoms with Gasteiger partial charge < -0.3 is 10.8 Å². The van der Waals surface area contributed by atoms with Crippen molar-refractivity contribution in [3.8, 4) is 5.75 Å². The van der Waals surface area contributed by atoms with Crippen molar-refractivity contribution in [2.45, 2.75) is 18.9 Å². The molecule has 0 amide bonds. The third kappa shape index (κ3) is 2.57. The second-order valence-electron chi connectivity index (χ2n) is 3.18. The van der Waals surface area contributed by atoms with Crippen molar-refractivity contribution in [3.05, 3.63) is 42.2 Å². The predicted molar refractivity (Wildman–Crippen MR) is 54.4 cm³/mol. The molecule has 0 bridgehead atoms. The summed E-state index contributed by atoms with van der Waals surface area (Å²) in [6.07, 6.45) is 3.30. The number of aromatic hydroxyl groups is 1. The SMILES string of the molecule is C=CCC[C@H](N)c1ccc(O)c(F)c1. The van der Waals surface area contributed by atoms with Crippen molar-refractivity contribution in [2.75, 3.05) is 0 Å². The molecular weight excluding hydrogens is 181 g/mol. The van der Waals surface area contributed by atoms with Crippen LogP contribution in [0.15, 0.2) is 30.9 Å². The molecule has 0 heterocycles. The largest absolute Gasteiger partial charge is 0.505 e. The number of rotatable bonds is 4. The van der Waals surface area contributed by atoms with Crippen LogP contribution in [0.4, 0.5) is 4.39 Å². The number of nitrogens with two attached hydrogens (primary N) is 1. The van der Waals surface area contributed by atoms with Crippen LogP contribution < -0.4 is 5.73 Å². The molecular formula is C11H14FNO. The number of halogens is 1. The zero-order valence-corrected chi connectivity index (χ0v) is 7.91. The minimum atomic E-state index is -0.628. The maximum Gasteiger partial charge on any atom is 0.165 e. The van der Waals surface area contributed by atoms with Crippen LogP contribution in [-0.2, 0) is 0 Å². The van der Waals surface area contributed by atoms with Crippen LogP contribution in [0.25, 0.3) is 0 Å². The summed E-state index contributed by atoms with van der Waals surface area (Å²) in [6, 6.07) is 4.01. The smallest absolute Gasteiger partial charge is 0.165 e. The molecule has 0 spiro atoms. The number of benzene rings is 1. The minimum Gasteiger partial charge on any atom is -0.505 e. The van der Waals surface area contributed by atoms with Gasteiger partial charge in [0, 0.05) is 6.04 Å². The first-order valence-electron chi connectivity index (χ1n) is 4.50. The van der Waals surface area contributed by atoms with Crippen molar-refractivity contribution < 1.29 is 9.50 Å². The van der Waals surface area contributed by atoms with Crippen LogP contribution >= 0.6 is 0 Å². The number of phenolic OH excluding ortho intramolecular Hbond substituents is 1. The number of allylic oxidation sites excluding steroid dienone is 1. The van der Waals surface area contributed by atoms with E-state index in [2.05, 4.69) is 6.58 Å². The Hall–Kier alpha value is -1.35. The summed E-state index contributed by atoms with van der Waals surface area (Å²) in [4.78, 5) is 0. The van der Waals surface area contributed by atoms with Crippen molar-refractivity contribution in [2.24, 2.45) is 5.73 Å². The Kier molecular flexibility index (Phi) is 3.65. The molecule has 0 aliphatic heterocycles. The molecule has 2 nitrogen and oxygen atoms in total. The van der Waals surface area contributed by atoms with Gasteiger partial charge in [0.25, 0.3) is 0 Å². The van der Waals surface area contributed by atoms with E-state index in [0.29, 0.717) is 5.56 Å². The van der Waals surface area contributed by atoms with Crippen LogP contribution in [0.5, 0.6) is 5.75 Å². The number of phenols is 1. The van der Waals surface area contributed by atoms with Gasteiger partial charge >= 0.3 is 0 Å². The van der Waals surface area contributed by atoms with Crippen molar-refractivity contribution in [1.29, 1.82) is 0 Å². The first-order valence-corrected chi connectivity index (χ1v) is 4.50. The van der Waals surface area contributed by atoms with Gasteiger partial charge in [0.1, 0.15) is 0 Å². The molecule has 3 heteroatoms. The summed E-state index contributed by atoms with van der Waals surface area (Å²) in [5.74, 6) is -0.971. The van der Waals surface area contributed by atoms with Gasteiger partial charge in [-0.25, -0.2) is 4.39 Å². The molecule has 1 aromatic carbocycles. The van der Waals surface area contributed by atoms with Crippen LogP contribution in [0, 0.1) is 5.82 Å². The molecule has 1 aromatic rings. The fourth-order valence-corrected chi connectivity index (χ4v) is 1.22. The first-order chi connectivity index (χ1) is 6.65. The lowest BCUT2D eigenvalue weighted by atomic mass is 10.0. The Morgan fingerprint density at radius 3 is 2.86 bits per heavy atom. The van der Waals surface area contributed by atoms with Crippen LogP contribution in [0.3, 0.4) is 0 Å². The molecule has 0 unspecified atom stereocenters. The predicted octanol–water partition coefficient (Wildman–Crippen LogP) is 2.50. The van der Waals surface area contributed by atoms with Crippen molar-refractivity contribution in [3.63, 3.8) is 0 Å². The van der Waals surface area contributed by atoms with Gasteiger partial charge in [-0.05, 0) is 30.5 Å². The Bertz CT molecular complexity index is 325. The molecule has 0 aliphatic carbocycles. The third-order valence-electron chi connectivity index (χ3n) is 2.08. The third-order valence-corrected chi connectivity index (χ3v) is 2.08. The average Bonchev–Trinajstić information content (AvgIpc) is 2.18. The molecule has 1 rings (SSSR count). The quantitative estimate of drug-likeness (QED) is 0.725. The van der Waals surface area contributed by atoms with Gasteiger partial charge in [-0.3, -0.25) is 0 Å². The fraction of sp³-hybridized carbons (Fsp3) is 0.273. The van der Waals surface area contributed by atoms with E-state index in [1.165, 1.54) is 12.1 Å². The van der Waals surface area contributed by atoms with E-state index in [4.69, 9.17) is 10.8 Å². The van der Waals surface area contributed by atoms with E-state index in [1.54, 1.807) is 12.1 Å². The summed E-state index contributed by atoms with van der Waals surface area (Å²) in [7, 11) is 0. The second-order valence-corrected chi connectivity index (χ2v) is 3.18. The van der Waals surface area contributed by atoms with Gasteiger partial charge in [-0.1, -0.05) is 12.1 Å². The summed E-state index contributed by atoms with van der Waals surface area (Å²) >= 11 is 0. The zero-order chi connectivity index (χ0) is 10.6. The van der Waals surface area contributed by atoms with Gasteiger partial charge in [-0.15, -0.1) is 6.58 Å². The normalized spacial score (nSPS) is 12.4. The lowest BCUT2D eigenvalue weighted by Crippen LogP contribution is -2.09. The Morgan fingerprint density at radius 1 is 1.57 bits per heavy atom. The van der Waals surface area contributed by atoms with E-state index >= 15 is 0 Å². The zero-order valence-electron chi connectivity index (χ0n) is 7.91. The van der Waals surface area contributed by atoms with E-state index in [-0.39, 0.29) is 11.8 Å². The van der Waals surface area contributed by atoms with Crippen LogP contribution in [0.2, 0.25) is 0 Å². The first kappa shape index (κ1) is 10.7. The monoisotopic (exact) mass is 195 g/mol. The second kappa shape index (κ2) is 4.77. The van der Waals surface area contributed by atoms with Crippen molar-refractivity contribution >= 4 is 0 Å². The van der Waals surface area contributed by atoms with Gasteiger partial charge in [0.15, 0.2) is 11.6 Å². The highest BCUT2D eigenvalue weighted by molar-refractivity contribution is 5.29. The minimum absolute atomic E-state index is 0.205. The number of hydrogen-bond donors (Lipinski definition) is 2. The molecule has 14 heavy (non-hydrogen) atoms. The number of hydrogen-bond acceptors (Lipinski definition) is 2. The van der Waals surface area contributed by atoms with E-state index < -0.39 is 5.82 Å². The molecule has 1 atom stereocenters. The summed E-state index contributed by atoms with van der Waals surface area (Å²) in [6.45, 7) is 3.59. The topological polar surface area (TPSA) is 46.2 Å². The summed E-state index contributed by atoms with van der Waals surface area (Å²) < 4.78 is 12.9. The standard InChI is InChI=1S/C11H14FNO/c1-2-3-4-10(13)8-5-6-11(14)9(12)7-8/h2,5-7,10,14H,1,3-4,13H2/t10-/m0/s1. The maximum atomic E-state index is 12.9.